The van der Waals surface area contributed by atoms with E-state index in [-0.39, 0.29) is 12.0 Å². The second-order valence-electron chi connectivity index (χ2n) is 5.80. The van der Waals surface area contributed by atoms with Crippen molar-refractivity contribution in [1.29, 1.82) is 0 Å². The summed E-state index contributed by atoms with van der Waals surface area (Å²) in [7, 11) is 1.61. The first-order valence-electron chi connectivity index (χ1n) is 7.49. The molecule has 1 saturated heterocycles. The van der Waals surface area contributed by atoms with E-state index >= 15 is 0 Å². The molecule has 0 spiro atoms. The van der Waals surface area contributed by atoms with Crippen molar-refractivity contribution in [1.82, 2.24) is 5.32 Å². The highest BCUT2D eigenvalue weighted by molar-refractivity contribution is 6.42. The van der Waals surface area contributed by atoms with E-state index in [1.165, 1.54) is 0 Å². The number of rotatable bonds is 6. The summed E-state index contributed by atoms with van der Waals surface area (Å²) in [6.45, 7) is 3.86. The van der Waals surface area contributed by atoms with Gasteiger partial charge >= 0.3 is 5.97 Å². The predicted octanol–water partition coefficient (Wildman–Crippen LogP) is 3.49. The van der Waals surface area contributed by atoms with Crippen LogP contribution in [0.1, 0.15) is 31.9 Å². The minimum absolute atomic E-state index is 0.0783. The van der Waals surface area contributed by atoms with Gasteiger partial charge in [0.1, 0.15) is 6.04 Å². The number of carbonyl (C=O) groups is 1. The molecule has 1 fully saturated rings. The molecule has 0 radical (unpaired) electrons. The topological polar surface area (TPSA) is 67.8 Å². The number of carboxylic acids is 1. The standard InChI is InChI=1S/C16H21Cl2NO4/c1-8-6-13(23-15(8)14(19-3)16(20)21)22-9(2)10-4-5-11(17)12(18)7-10/h4-5,7-9,13-15,19H,6H2,1-3H3,(H,20,21)/t8-,9?,13?,14?,15-/m1/s1. The molecule has 0 aromatic heterocycles. The molecule has 1 heterocycles. The average Bonchev–Trinajstić information content (AvgIpc) is 2.83. The lowest BCUT2D eigenvalue weighted by atomic mass is 9.97. The maximum Gasteiger partial charge on any atom is 0.323 e. The first-order chi connectivity index (χ1) is 10.8. The molecule has 0 saturated carbocycles. The van der Waals surface area contributed by atoms with Crippen molar-refractivity contribution < 1.29 is 19.4 Å². The highest BCUT2D eigenvalue weighted by Crippen LogP contribution is 2.33. The summed E-state index contributed by atoms with van der Waals surface area (Å²) in [5.41, 5.74) is 0.891. The maximum absolute atomic E-state index is 11.3. The molecular weight excluding hydrogens is 341 g/mol. The molecule has 5 nitrogen and oxygen atoms in total. The molecule has 7 heteroatoms. The molecule has 3 unspecified atom stereocenters. The Bertz CT molecular complexity index is 569. The van der Waals surface area contributed by atoms with Gasteiger partial charge < -0.3 is 19.9 Å². The van der Waals surface area contributed by atoms with Crippen LogP contribution in [-0.2, 0) is 14.3 Å². The number of aliphatic carboxylic acids is 1. The normalized spacial score (nSPS) is 26.9. The van der Waals surface area contributed by atoms with Crippen LogP contribution < -0.4 is 5.32 Å². The van der Waals surface area contributed by atoms with E-state index < -0.39 is 24.4 Å². The van der Waals surface area contributed by atoms with E-state index in [1.807, 2.05) is 19.9 Å². The molecule has 0 amide bonds. The zero-order valence-corrected chi connectivity index (χ0v) is 14.8. The van der Waals surface area contributed by atoms with Crippen molar-refractivity contribution in [2.45, 2.75) is 44.8 Å². The summed E-state index contributed by atoms with van der Waals surface area (Å²) in [5.74, 6) is -0.850. The predicted molar refractivity (Wildman–Crippen MR) is 88.9 cm³/mol. The lowest BCUT2D eigenvalue weighted by Gasteiger charge is -2.23. The molecule has 0 aliphatic carbocycles. The first kappa shape index (κ1) is 18.5. The van der Waals surface area contributed by atoms with Crippen molar-refractivity contribution in [3.05, 3.63) is 33.8 Å². The zero-order chi connectivity index (χ0) is 17.1. The highest BCUT2D eigenvalue weighted by Gasteiger charge is 2.41. The lowest BCUT2D eigenvalue weighted by molar-refractivity contribution is -0.171. The van der Waals surface area contributed by atoms with E-state index in [0.29, 0.717) is 16.5 Å². The van der Waals surface area contributed by atoms with Crippen LogP contribution in [0.5, 0.6) is 0 Å². The van der Waals surface area contributed by atoms with Gasteiger partial charge in [0.05, 0.1) is 22.3 Å². The summed E-state index contributed by atoms with van der Waals surface area (Å²) < 4.78 is 11.7. The molecule has 2 rings (SSSR count). The second-order valence-corrected chi connectivity index (χ2v) is 6.61. The Kier molecular flexibility index (Phi) is 6.28. The summed E-state index contributed by atoms with van der Waals surface area (Å²) >= 11 is 11.9. The molecule has 5 atom stereocenters. The zero-order valence-electron chi connectivity index (χ0n) is 13.3. The summed E-state index contributed by atoms with van der Waals surface area (Å²) in [6, 6.07) is 4.58. The van der Waals surface area contributed by atoms with Gasteiger partial charge in [-0.2, -0.15) is 0 Å². The number of carboxylic acid groups (broad SMARTS) is 1. The fraction of sp³-hybridized carbons (Fsp3) is 0.562. The van der Waals surface area contributed by atoms with Crippen molar-refractivity contribution in [3.63, 3.8) is 0 Å². The maximum atomic E-state index is 11.3. The minimum atomic E-state index is -0.928. The van der Waals surface area contributed by atoms with Gasteiger partial charge in [0.25, 0.3) is 0 Å². The third-order valence-corrected chi connectivity index (χ3v) is 4.85. The Morgan fingerprint density at radius 2 is 2.13 bits per heavy atom. The van der Waals surface area contributed by atoms with Gasteiger partial charge in [-0.05, 0) is 37.6 Å². The summed E-state index contributed by atoms with van der Waals surface area (Å²) in [6.07, 6.45) is -0.473. The average molecular weight is 362 g/mol. The van der Waals surface area contributed by atoms with Gasteiger partial charge in [-0.1, -0.05) is 36.2 Å². The summed E-state index contributed by atoms with van der Waals surface area (Å²) in [5, 5.41) is 13.0. The van der Waals surface area contributed by atoms with Gasteiger partial charge in [-0.25, -0.2) is 0 Å². The van der Waals surface area contributed by atoms with Crippen LogP contribution in [-0.4, -0.2) is 36.6 Å². The number of halogens is 2. The Hall–Kier alpha value is -0.850. The molecular formula is C16H21Cl2NO4. The Balaban J connectivity index is 2.01. The minimum Gasteiger partial charge on any atom is -0.480 e. The second kappa shape index (κ2) is 7.81. The molecule has 1 aromatic rings. The van der Waals surface area contributed by atoms with Crippen LogP contribution in [0.3, 0.4) is 0 Å². The lowest BCUT2D eigenvalue weighted by Crippen LogP contribution is -2.46. The van der Waals surface area contributed by atoms with E-state index in [1.54, 1.807) is 19.2 Å². The van der Waals surface area contributed by atoms with Crippen LogP contribution in [0.15, 0.2) is 18.2 Å². The van der Waals surface area contributed by atoms with Crippen molar-refractivity contribution >= 4 is 29.2 Å². The SMILES string of the molecule is CNC(C(=O)O)[C@@H]1OC(OC(C)c2ccc(Cl)c(Cl)c2)C[C@H]1C. The van der Waals surface area contributed by atoms with E-state index in [2.05, 4.69) is 5.32 Å². The third-order valence-electron chi connectivity index (χ3n) is 4.11. The first-order valence-corrected chi connectivity index (χ1v) is 8.25. The van der Waals surface area contributed by atoms with Gasteiger partial charge in [-0.3, -0.25) is 4.79 Å². The fourth-order valence-electron chi connectivity index (χ4n) is 2.80. The van der Waals surface area contributed by atoms with Crippen LogP contribution in [0.25, 0.3) is 0 Å². The molecule has 1 aliphatic rings. The van der Waals surface area contributed by atoms with Gasteiger partial charge in [0.2, 0.25) is 0 Å². The number of benzene rings is 1. The van der Waals surface area contributed by atoms with Crippen LogP contribution in [0.2, 0.25) is 10.0 Å². The summed E-state index contributed by atoms with van der Waals surface area (Å²) in [4.78, 5) is 11.3. The van der Waals surface area contributed by atoms with Crippen LogP contribution in [0, 0.1) is 5.92 Å². The molecule has 2 N–H and O–H groups in total. The molecule has 1 aromatic carbocycles. The van der Waals surface area contributed by atoms with Gasteiger partial charge in [0, 0.05) is 6.42 Å². The van der Waals surface area contributed by atoms with Gasteiger partial charge in [0.15, 0.2) is 6.29 Å². The monoisotopic (exact) mass is 361 g/mol. The highest BCUT2D eigenvalue weighted by atomic mass is 35.5. The van der Waals surface area contributed by atoms with Gasteiger partial charge in [-0.15, -0.1) is 0 Å². The molecule has 0 bridgehead atoms. The van der Waals surface area contributed by atoms with Crippen LogP contribution in [0.4, 0.5) is 0 Å². The Morgan fingerprint density at radius 3 is 2.70 bits per heavy atom. The third kappa shape index (κ3) is 4.37. The van der Waals surface area contributed by atoms with Crippen molar-refractivity contribution in [2.75, 3.05) is 7.05 Å². The largest absolute Gasteiger partial charge is 0.480 e. The molecule has 128 valence electrons. The van der Waals surface area contributed by atoms with E-state index in [0.717, 1.165) is 5.56 Å². The smallest absolute Gasteiger partial charge is 0.323 e. The number of hydrogen-bond donors (Lipinski definition) is 2. The Labute approximate surface area is 145 Å². The number of nitrogens with one attached hydrogen (secondary N) is 1. The molecule has 1 aliphatic heterocycles. The Morgan fingerprint density at radius 1 is 1.43 bits per heavy atom. The van der Waals surface area contributed by atoms with Crippen molar-refractivity contribution in [2.24, 2.45) is 5.92 Å². The molecule has 23 heavy (non-hydrogen) atoms. The van der Waals surface area contributed by atoms with E-state index in [4.69, 9.17) is 32.7 Å². The fourth-order valence-corrected chi connectivity index (χ4v) is 3.10. The van der Waals surface area contributed by atoms with Crippen molar-refractivity contribution in [3.8, 4) is 0 Å². The number of hydrogen-bond acceptors (Lipinski definition) is 4. The van der Waals surface area contributed by atoms with E-state index in [9.17, 15) is 9.90 Å². The number of ether oxygens (including phenoxy) is 2. The van der Waals surface area contributed by atoms with Crippen LogP contribution >= 0.6 is 23.2 Å². The quantitative estimate of drug-likeness (QED) is 0.811. The number of likely N-dealkylation sites (N-methyl/N-ethyl adjacent to an activating group) is 1.